The molecule has 0 fully saturated rings. The zero-order valence-electron chi connectivity index (χ0n) is 13.2. The lowest BCUT2D eigenvalue weighted by Crippen LogP contribution is -2.27. The van der Waals surface area contributed by atoms with Gasteiger partial charge in [0.05, 0.1) is 12.3 Å². The molecule has 0 bridgehead atoms. The first-order valence-electron chi connectivity index (χ1n) is 7.42. The number of nitrogens with zero attached hydrogens (tertiary/aromatic N) is 1. The van der Waals surface area contributed by atoms with Gasteiger partial charge in [-0.15, -0.1) is 0 Å². The predicted octanol–water partition coefficient (Wildman–Crippen LogP) is 3.60. The molecule has 0 saturated heterocycles. The van der Waals surface area contributed by atoms with Crippen LogP contribution in [-0.4, -0.2) is 9.67 Å². The average molecular weight is 285 g/mol. The summed E-state index contributed by atoms with van der Waals surface area (Å²) in [6.07, 6.45) is 0.868. The SMILES string of the molecule is CCC(C)n1c(-c2cc(C)ccc2C)ccc(CO)c1=O. The summed E-state index contributed by atoms with van der Waals surface area (Å²) in [7, 11) is 0. The van der Waals surface area contributed by atoms with Crippen LogP contribution < -0.4 is 5.56 Å². The van der Waals surface area contributed by atoms with E-state index in [0.717, 1.165) is 23.2 Å². The molecule has 2 rings (SSSR count). The quantitative estimate of drug-likeness (QED) is 0.932. The zero-order valence-corrected chi connectivity index (χ0v) is 13.2. The summed E-state index contributed by atoms with van der Waals surface area (Å²) < 4.78 is 1.81. The summed E-state index contributed by atoms with van der Waals surface area (Å²) in [6.45, 7) is 7.99. The number of benzene rings is 1. The molecule has 0 spiro atoms. The van der Waals surface area contributed by atoms with Crippen LogP contribution in [0.25, 0.3) is 11.3 Å². The normalized spacial score (nSPS) is 12.4. The Kier molecular flexibility index (Phi) is 4.63. The average Bonchev–Trinajstić information content (AvgIpc) is 2.48. The fourth-order valence-corrected chi connectivity index (χ4v) is 2.57. The lowest BCUT2D eigenvalue weighted by molar-refractivity contribution is 0.278. The highest BCUT2D eigenvalue weighted by molar-refractivity contribution is 5.65. The van der Waals surface area contributed by atoms with E-state index in [1.807, 2.05) is 17.6 Å². The second-order valence-corrected chi connectivity index (χ2v) is 5.65. The van der Waals surface area contributed by atoms with Crippen molar-refractivity contribution in [2.75, 3.05) is 0 Å². The second kappa shape index (κ2) is 6.27. The zero-order chi connectivity index (χ0) is 15.6. The molecule has 1 aromatic carbocycles. The summed E-state index contributed by atoms with van der Waals surface area (Å²) >= 11 is 0. The first kappa shape index (κ1) is 15.5. The molecular formula is C18H23NO2. The number of aliphatic hydroxyl groups is 1. The van der Waals surface area contributed by atoms with E-state index >= 15 is 0 Å². The maximum Gasteiger partial charge on any atom is 0.256 e. The number of hydrogen-bond donors (Lipinski definition) is 1. The van der Waals surface area contributed by atoms with Crippen LogP contribution in [0.3, 0.4) is 0 Å². The Balaban J connectivity index is 2.77. The number of aliphatic hydroxyl groups excluding tert-OH is 1. The van der Waals surface area contributed by atoms with E-state index in [9.17, 15) is 9.90 Å². The van der Waals surface area contributed by atoms with Crippen LogP contribution in [0.15, 0.2) is 35.1 Å². The number of aryl methyl sites for hydroxylation is 2. The van der Waals surface area contributed by atoms with Gasteiger partial charge in [0.1, 0.15) is 0 Å². The molecule has 1 aromatic heterocycles. The molecule has 1 atom stereocenters. The van der Waals surface area contributed by atoms with Crippen LogP contribution in [0.5, 0.6) is 0 Å². The molecule has 0 aliphatic rings. The standard InChI is InChI=1S/C18H23NO2/c1-5-14(4)19-17(9-8-15(11-20)18(19)21)16-10-12(2)6-7-13(16)3/h6-10,14,20H,5,11H2,1-4H3. The third kappa shape index (κ3) is 2.93. The molecule has 0 amide bonds. The minimum Gasteiger partial charge on any atom is -0.391 e. The first-order valence-corrected chi connectivity index (χ1v) is 7.42. The van der Waals surface area contributed by atoms with Gasteiger partial charge >= 0.3 is 0 Å². The number of pyridine rings is 1. The highest BCUT2D eigenvalue weighted by Gasteiger charge is 2.15. The van der Waals surface area contributed by atoms with Crippen molar-refractivity contribution in [2.45, 2.75) is 46.8 Å². The fourth-order valence-electron chi connectivity index (χ4n) is 2.57. The van der Waals surface area contributed by atoms with Gasteiger partial charge in [-0.1, -0.05) is 24.6 Å². The maximum atomic E-state index is 12.6. The van der Waals surface area contributed by atoms with Gasteiger partial charge in [0.2, 0.25) is 0 Å². The van der Waals surface area contributed by atoms with Crippen LogP contribution in [0.4, 0.5) is 0 Å². The van der Waals surface area contributed by atoms with Crippen molar-refractivity contribution in [3.63, 3.8) is 0 Å². The highest BCUT2D eigenvalue weighted by Crippen LogP contribution is 2.26. The van der Waals surface area contributed by atoms with E-state index in [2.05, 4.69) is 39.0 Å². The highest BCUT2D eigenvalue weighted by atomic mass is 16.3. The van der Waals surface area contributed by atoms with Crippen LogP contribution in [0.2, 0.25) is 0 Å². The molecular weight excluding hydrogens is 262 g/mol. The number of hydrogen-bond acceptors (Lipinski definition) is 2. The number of rotatable bonds is 4. The van der Waals surface area contributed by atoms with E-state index in [0.29, 0.717) is 5.56 Å². The largest absolute Gasteiger partial charge is 0.391 e. The van der Waals surface area contributed by atoms with E-state index < -0.39 is 0 Å². The van der Waals surface area contributed by atoms with Gasteiger partial charge < -0.3 is 9.67 Å². The van der Waals surface area contributed by atoms with Crippen LogP contribution in [0.1, 0.15) is 43.0 Å². The number of aromatic nitrogens is 1. The van der Waals surface area contributed by atoms with Gasteiger partial charge in [-0.2, -0.15) is 0 Å². The lowest BCUT2D eigenvalue weighted by Gasteiger charge is -2.21. The van der Waals surface area contributed by atoms with Gasteiger partial charge in [0.15, 0.2) is 0 Å². The van der Waals surface area contributed by atoms with Gasteiger partial charge in [0, 0.05) is 17.2 Å². The van der Waals surface area contributed by atoms with Gasteiger partial charge in [-0.25, -0.2) is 0 Å². The summed E-state index contributed by atoms with van der Waals surface area (Å²) in [5, 5.41) is 9.34. The first-order chi connectivity index (χ1) is 9.99. The topological polar surface area (TPSA) is 42.2 Å². The van der Waals surface area contributed by atoms with Crippen molar-refractivity contribution in [3.8, 4) is 11.3 Å². The van der Waals surface area contributed by atoms with Crippen LogP contribution in [-0.2, 0) is 6.61 Å². The Bertz CT molecular complexity index is 701. The molecule has 0 aliphatic heterocycles. The monoisotopic (exact) mass is 285 g/mol. The molecule has 112 valence electrons. The van der Waals surface area contributed by atoms with Crippen molar-refractivity contribution in [1.29, 1.82) is 0 Å². The smallest absolute Gasteiger partial charge is 0.256 e. The second-order valence-electron chi connectivity index (χ2n) is 5.65. The Morgan fingerprint density at radius 1 is 1.19 bits per heavy atom. The van der Waals surface area contributed by atoms with E-state index in [1.54, 1.807) is 6.07 Å². The van der Waals surface area contributed by atoms with E-state index in [1.165, 1.54) is 5.56 Å². The molecule has 0 aliphatic carbocycles. The van der Waals surface area contributed by atoms with Gasteiger partial charge in [-0.05, 0) is 51.0 Å². The molecule has 3 nitrogen and oxygen atoms in total. The third-order valence-electron chi connectivity index (χ3n) is 4.07. The molecule has 1 heterocycles. The molecule has 2 aromatic rings. The van der Waals surface area contributed by atoms with Crippen molar-refractivity contribution in [3.05, 3.63) is 57.4 Å². The maximum absolute atomic E-state index is 12.6. The Labute approximate surface area is 125 Å². The van der Waals surface area contributed by atoms with E-state index in [4.69, 9.17) is 0 Å². The van der Waals surface area contributed by atoms with Crippen molar-refractivity contribution >= 4 is 0 Å². The summed E-state index contributed by atoms with van der Waals surface area (Å²) in [5.41, 5.74) is 4.68. The van der Waals surface area contributed by atoms with Crippen molar-refractivity contribution in [2.24, 2.45) is 0 Å². The van der Waals surface area contributed by atoms with E-state index in [-0.39, 0.29) is 18.2 Å². The minimum absolute atomic E-state index is 0.0924. The summed E-state index contributed by atoms with van der Waals surface area (Å²) in [5.74, 6) is 0. The van der Waals surface area contributed by atoms with Crippen LogP contribution in [0, 0.1) is 13.8 Å². The lowest BCUT2D eigenvalue weighted by atomic mass is 10.0. The Hall–Kier alpha value is -1.87. The molecule has 21 heavy (non-hydrogen) atoms. The predicted molar refractivity (Wildman–Crippen MR) is 86.5 cm³/mol. The summed E-state index contributed by atoms with van der Waals surface area (Å²) in [4.78, 5) is 12.6. The molecule has 0 saturated carbocycles. The van der Waals surface area contributed by atoms with Gasteiger partial charge in [-0.3, -0.25) is 4.79 Å². The Morgan fingerprint density at radius 3 is 2.52 bits per heavy atom. The molecule has 1 unspecified atom stereocenters. The fraction of sp³-hybridized carbons (Fsp3) is 0.389. The third-order valence-corrected chi connectivity index (χ3v) is 4.07. The molecule has 1 N–H and O–H groups in total. The Morgan fingerprint density at radius 2 is 1.90 bits per heavy atom. The van der Waals surface area contributed by atoms with Crippen LogP contribution >= 0.6 is 0 Å². The molecule has 0 radical (unpaired) electrons. The minimum atomic E-state index is -0.220. The van der Waals surface area contributed by atoms with Gasteiger partial charge in [0.25, 0.3) is 5.56 Å². The molecule has 3 heteroatoms. The van der Waals surface area contributed by atoms with Crippen molar-refractivity contribution in [1.82, 2.24) is 4.57 Å². The summed E-state index contributed by atoms with van der Waals surface area (Å²) in [6, 6.07) is 10.0. The van der Waals surface area contributed by atoms with Crippen molar-refractivity contribution < 1.29 is 5.11 Å².